The number of hydrogen-bond acceptors (Lipinski definition) is 7. The van der Waals surface area contributed by atoms with Crippen LogP contribution < -0.4 is 11.5 Å². The first-order valence-corrected chi connectivity index (χ1v) is 7.19. The van der Waals surface area contributed by atoms with Crippen LogP contribution in [-0.4, -0.2) is 34.8 Å². The van der Waals surface area contributed by atoms with Gasteiger partial charge in [0.05, 0.1) is 18.4 Å². The van der Waals surface area contributed by atoms with Gasteiger partial charge in [-0.25, -0.2) is 9.97 Å². The zero-order valence-corrected chi connectivity index (χ0v) is 11.9. The number of hydrogen-bond donors (Lipinski definition) is 2. The normalized spacial score (nSPS) is 12.3. The molecule has 0 saturated heterocycles. The first kappa shape index (κ1) is 14.5. The van der Waals surface area contributed by atoms with Gasteiger partial charge in [0.25, 0.3) is 0 Å². The SMILES string of the molecule is COC(=O)C(N)CSCc1nc(N)c2ccccc2n1. The van der Waals surface area contributed by atoms with Crippen LogP contribution in [0.3, 0.4) is 0 Å². The van der Waals surface area contributed by atoms with Crippen LogP contribution in [0.4, 0.5) is 5.82 Å². The molecule has 7 heteroatoms. The lowest BCUT2D eigenvalue weighted by Gasteiger charge is -2.09. The van der Waals surface area contributed by atoms with Crippen molar-refractivity contribution >= 4 is 34.5 Å². The highest BCUT2D eigenvalue weighted by Crippen LogP contribution is 2.19. The lowest BCUT2D eigenvalue weighted by molar-refractivity contribution is -0.141. The third-order valence-corrected chi connectivity index (χ3v) is 3.77. The molecule has 106 valence electrons. The molecular formula is C13H16N4O2S. The van der Waals surface area contributed by atoms with Crippen molar-refractivity contribution < 1.29 is 9.53 Å². The maximum Gasteiger partial charge on any atom is 0.323 e. The second kappa shape index (κ2) is 6.53. The number of fused-ring (bicyclic) bond motifs is 1. The second-order valence-corrected chi connectivity index (χ2v) is 5.22. The zero-order valence-electron chi connectivity index (χ0n) is 11.1. The molecule has 1 atom stereocenters. The molecule has 4 N–H and O–H groups in total. The summed E-state index contributed by atoms with van der Waals surface area (Å²) in [7, 11) is 1.32. The first-order chi connectivity index (χ1) is 9.61. The zero-order chi connectivity index (χ0) is 14.5. The van der Waals surface area contributed by atoms with Crippen LogP contribution in [0.2, 0.25) is 0 Å². The minimum absolute atomic E-state index is 0.420. The summed E-state index contributed by atoms with van der Waals surface area (Å²) >= 11 is 1.47. The number of nitrogen functional groups attached to an aromatic ring is 1. The van der Waals surface area contributed by atoms with Crippen LogP contribution in [0.25, 0.3) is 10.9 Å². The number of rotatable bonds is 5. The van der Waals surface area contributed by atoms with Gasteiger partial charge in [0.2, 0.25) is 0 Å². The van der Waals surface area contributed by atoms with Crippen LogP contribution in [0.5, 0.6) is 0 Å². The van der Waals surface area contributed by atoms with Crippen LogP contribution >= 0.6 is 11.8 Å². The molecule has 0 aliphatic heterocycles. The van der Waals surface area contributed by atoms with Crippen LogP contribution in [0, 0.1) is 0 Å². The number of thioether (sulfide) groups is 1. The Balaban J connectivity index is 2.02. The number of carbonyl (C=O) groups excluding carboxylic acids is 1. The van der Waals surface area contributed by atoms with E-state index in [0.717, 1.165) is 10.9 Å². The molecule has 0 amide bonds. The average molecular weight is 292 g/mol. The van der Waals surface area contributed by atoms with Crippen LogP contribution in [0.1, 0.15) is 5.82 Å². The molecule has 1 unspecified atom stereocenters. The van der Waals surface area contributed by atoms with Crippen molar-refractivity contribution in [3.63, 3.8) is 0 Å². The third kappa shape index (κ3) is 3.37. The molecule has 0 spiro atoms. The maximum atomic E-state index is 11.2. The van der Waals surface area contributed by atoms with Gasteiger partial charge >= 0.3 is 5.97 Å². The molecule has 1 aromatic heterocycles. The molecule has 0 radical (unpaired) electrons. The lowest BCUT2D eigenvalue weighted by atomic mass is 10.2. The molecule has 0 bridgehead atoms. The average Bonchev–Trinajstić information content (AvgIpc) is 2.46. The monoisotopic (exact) mass is 292 g/mol. The number of benzene rings is 1. The van der Waals surface area contributed by atoms with Crippen molar-refractivity contribution in [1.82, 2.24) is 9.97 Å². The van der Waals surface area contributed by atoms with E-state index in [4.69, 9.17) is 11.5 Å². The minimum atomic E-state index is -0.636. The van der Waals surface area contributed by atoms with Gasteiger partial charge in [-0.3, -0.25) is 4.79 Å². The molecule has 0 fully saturated rings. The van der Waals surface area contributed by atoms with E-state index in [0.29, 0.717) is 23.1 Å². The quantitative estimate of drug-likeness (QED) is 0.790. The number of nitrogens with zero attached hydrogens (tertiary/aromatic N) is 2. The number of anilines is 1. The molecule has 1 aromatic carbocycles. The Kier molecular flexibility index (Phi) is 4.75. The molecule has 2 rings (SSSR count). The Morgan fingerprint density at radius 3 is 2.90 bits per heavy atom. The number of methoxy groups -OCH3 is 1. The van der Waals surface area contributed by atoms with E-state index in [1.807, 2.05) is 24.3 Å². The summed E-state index contributed by atoms with van der Waals surface area (Å²) < 4.78 is 4.56. The van der Waals surface area contributed by atoms with Gasteiger partial charge in [-0.05, 0) is 12.1 Å². The van der Waals surface area contributed by atoms with Gasteiger partial charge in [0.15, 0.2) is 0 Å². The minimum Gasteiger partial charge on any atom is -0.468 e. The molecular weight excluding hydrogens is 276 g/mol. The van der Waals surface area contributed by atoms with E-state index >= 15 is 0 Å². The van der Waals surface area contributed by atoms with Crippen molar-refractivity contribution in [2.45, 2.75) is 11.8 Å². The Hall–Kier alpha value is -1.86. The van der Waals surface area contributed by atoms with E-state index < -0.39 is 12.0 Å². The summed E-state index contributed by atoms with van der Waals surface area (Å²) in [5, 5.41) is 0.840. The third-order valence-electron chi connectivity index (χ3n) is 2.71. The van der Waals surface area contributed by atoms with Crippen molar-refractivity contribution in [1.29, 1.82) is 0 Å². The van der Waals surface area contributed by atoms with Gasteiger partial charge in [-0.15, -0.1) is 0 Å². The predicted molar refractivity (Wildman–Crippen MR) is 80.1 cm³/mol. The maximum absolute atomic E-state index is 11.2. The Bertz CT molecular complexity index is 620. The fourth-order valence-electron chi connectivity index (χ4n) is 1.71. The largest absolute Gasteiger partial charge is 0.468 e. The summed E-state index contributed by atoms with van der Waals surface area (Å²) in [6.45, 7) is 0. The van der Waals surface area contributed by atoms with E-state index in [9.17, 15) is 4.79 Å². The number of esters is 1. The van der Waals surface area contributed by atoms with Gasteiger partial charge in [-0.1, -0.05) is 12.1 Å². The smallest absolute Gasteiger partial charge is 0.323 e. The molecule has 1 heterocycles. The highest BCUT2D eigenvalue weighted by atomic mass is 32.2. The van der Waals surface area contributed by atoms with Crippen molar-refractivity contribution in [3.05, 3.63) is 30.1 Å². The fraction of sp³-hybridized carbons (Fsp3) is 0.308. The highest BCUT2D eigenvalue weighted by molar-refractivity contribution is 7.98. The van der Waals surface area contributed by atoms with E-state index in [1.165, 1.54) is 18.9 Å². The molecule has 0 saturated carbocycles. The standard InChI is InChI=1S/C13H16N4O2S/c1-19-13(18)9(14)6-20-7-11-16-10-5-3-2-4-8(10)12(15)17-11/h2-5,9H,6-7,14H2,1H3,(H2,15,16,17). The van der Waals surface area contributed by atoms with Gasteiger partial charge in [0.1, 0.15) is 17.7 Å². The van der Waals surface area contributed by atoms with Crippen molar-refractivity contribution in [2.24, 2.45) is 5.73 Å². The predicted octanol–water partition coefficient (Wildman–Crippen LogP) is 0.946. The lowest BCUT2D eigenvalue weighted by Crippen LogP contribution is -2.33. The Morgan fingerprint density at radius 1 is 1.40 bits per heavy atom. The van der Waals surface area contributed by atoms with Crippen molar-refractivity contribution in [3.8, 4) is 0 Å². The Morgan fingerprint density at radius 2 is 2.15 bits per heavy atom. The van der Waals surface area contributed by atoms with Crippen LogP contribution in [-0.2, 0) is 15.3 Å². The topological polar surface area (TPSA) is 104 Å². The van der Waals surface area contributed by atoms with Crippen molar-refractivity contribution in [2.75, 3.05) is 18.6 Å². The summed E-state index contributed by atoms with van der Waals surface area (Å²) in [5.41, 5.74) is 12.4. The Labute approximate surface area is 120 Å². The summed E-state index contributed by atoms with van der Waals surface area (Å²) in [6.07, 6.45) is 0. The van der Waals surface area contributed by atoms with Gasteiger partial charge < -0.3 is 16.2 Å². The highest BCUT2D eigenvalue weighted by Gasteiger charge is 2.14. The molecule has 6 nitrogen and oxygen atoms in total. The van der Waals surface area contributed by atoms with Gasteiger partial charge in [-0.2, -0.15) is 11.8 Å². The van der Waals surface area contributed by atoms with E-state index in [2.05, 4.69) is 14.7 Å². The second-order valence-electron chi connectivity index (χ2n) is 4.19. The summed E-state index contributed by atoms with van der Waals surface area (Å²) in [4.78, 5) is 19.9. The summed E-state index contributed by atoms with van der Waals surface area (Å²) in [6, 6.07) is 6.93. The summed E-state index contributed by atoms with van der Waals surface area (Å²) in [5.74, 6) is 1.66. The van der Waals surface area contributed by atoms with Gasteiger partial charge in [0, 0.05) is 11.1 Å². The van der Waals surface area contributed by atoms with E-state index in [1.54, 1.807) is 0 Å². The fourth-order valence-corrected chi connectivity index (χ4v) is 2.53. The molecule has 0 aliphatic carbocycles. The number of ether oxygens (including phenoxy) is 1. The number of carbonyl (C=O) groups is 1. The molecule has 0 aliphatic rings. The van der Waals surface area contributed by atoms with Crippen LogP contribution in [0.15, 0.2) is 24.3 Å². The first-order valence-electron chi connectivity index (χ1n) is 6.04. The number of nitrogens with two attached hydrogens (primary N) is 2. The van der Waals surface area contributed by atoms with E-state index in [-0.39, 0.29) is 0 Å². The number of aromatic nitrogens is 2. The number of para-hydroxylation sites is 1. The molecule has 2 aromatic rings. The molecule has 20 heavy (non-hydrogen) atoms.